The molecule has 39 heavy (non-hydrogen) atoms. The predicted molar refractivity (Wildman–Crippen MR) is 153 cm³/mol. The zero-order valence-corrected chi connectivity index (χ0v) is 24.9. The Balaban J connectivity index is 2.00. The number of anilines is 1. The highest BCUT2D eigenvalue weighted by Crippen LogP contribution is 2.35. The number of carbonyl (C=O) groups excluding carboxylic acids is 2. The fourth-order valence-corrected chi connectivity index (χ4v) is 5.62. The molecular formula is C27H35Cl2N3O6S. The first-order valence-electron chi connectivity index (χ1n) is 12.9. The Morgan fingerprint density at radius 1 is 1.00 bits per heavy atom. The number of fused-ring (bicyclic) bond motifs is 1. The van der Waals surface area contributed by atoms with Gasteiger partial charge in [-0.3, -0.25) is 13.9 Å². The smallest absolute Gasteiger partial charge is 0.244 e. The van der Waals surface area contributed by atoms with E-state index in [0.717, 1.165) is 4.31 Å². The van der Waals surface area contributed by atoms with Crippen LogP contribution in [-0.4, -0.2) is 62.7 Å². The highest BCUT2D eigenvalue weighted by molar-refractivity contribution is 7.92. The van der Waals surface area contributed by atoms with Crippen molar-refractivity contribution < 1.29 is 27.5 Å². The topological polar surface area (TPSA) is 105 Å². The summed E-state index contributed by atoms with van der Waals surface area (Å²) in [6, 6.07) is 8.67. The molecule has 9 nitrogen and oxygen atoms in total. The molecule has 0 unspecified atom stereocenters. The Kier molecular flexibility index (Phi) is 10.7. The Hall–Kier alpha value is -2.69. The van der Waals surface area contributed by atoms with Gasteiger partial charge in [-0.25, -0.2) is 8.42 Å². The van der Waals surface area contributed by atoms with E-state index in [9.17, 15) is 18.0 Å². The number of nitrogens with one attached hydrogen (secondary N) is 1. The first-order chi connectivity index (χ1) is 18.5. The minimum Gasteiger partial charge on any atom is -0.486 e. The van der Waals surface area contributed by atoms with Crippen LogP contribution in [0, 0.1) is 0 Å². The van der Waals surface area contributed by atoms with E-state index in [4.69, 9.17) is 32.7 Å². The summed E-state index contributed by atoms with van der Waals surface area (Å²) in [5.74, 6) is -0.221. The number of rotatable bonds is 12. The van der Waals surface area contributed by atoms with Crippen molar-refractivity contribution in [2.24, 2.45) is 0 Å². The van der Waals surface area contributed by atoms with Crippen LogP contribution < -0.4 is 19.1 Å². The number of hydrogen-bond donors (Lipinski definition) is 1. The molecule has 1 N–H and O–H groups in total. The van der Waals surface area contributed by atoms with Crippen LogP contribution in [-0.2, 0) is 26.2 Å². The molecule has 12 heteroatoms. The van der Waals surface area contributed by atoms with Gasteiger partial charge in [-0.05, 0) is 56.5 Å². The molecule has 0 saturated heterocycles. The minimum absolute atomic E-state index is 0.0115. The molecule has 214 valence electrons. The Morgan fingerprint density at radius 3 is 2.31 bits per heavy atom. The molecule has 0 saturated carbocycles. The van der Waals surface area contributed by atoms with Crippen LogP contribution >= 0.6 is 23.2 Å². The van der Waals surface area contributed by atoms with Crippen molar-refractivity contribution in [3.63, 3.8) is 0 Å². The maximum atomic E-state index is 13.9. The van der Waals surface area contributed by atoms with Crippen molar-refractivity contribution >= 4 is 50.7 Å². The molecule has 3 rings (SSSR count). The highest BCUT2D eigenvalue weighted by Gasteiger charge is 2.33. The summed E-state index contributed by atoms with van der Waals surface area (Å²) < 4.78 is 38.6. The van der Waals surface area contributed by atoms with Crippen LogP contribution in [0.15, 0.2) is 36.4 Å². The van der Waals surface area contributed by atoms with Gasteiger partial charge in [-0.1, -0.05) is 43.1 Å². The summed E-state index contributed by atoms with van der Waals surface area (Å²) in [5, 5.41) is 3.70. The molecule has 0 aliphatic carbocycles. The van der Waals surface area contributed by atoms with Crippen molar-refractivity contribution in [3.8, 4) is 11.5 Å². The summed E-state index contributed by atoms with van der Waals surface area (Å²) in [5.41, 5.74) is 0.837. The Morgan fingerprint density at radius 2 is 1.69 bits per heavy atom. The lowest BCUT2D eigenvalue weighted by atomic mass is 10.1. The fraction of sp³-hybridized carbons (Fsp3) is 0.481. The lowest BCUT2D eigenvalue weighted by Crippen LogP contribution is -2.53. The van der Waals surface area contributed by atoms with Crippen LogP contribution in [0.3, 0.4) is 0 Å². The second-order valence-electron chi connectivity index (χ2n) is 9.23. The Labute approximate surface area is 240 Å². The van der Waals surface area contributed by atoms with Crippen molar-refractivity contribution in [2.45, 2.75) is 59.2 Å². The van der Waals surface area contributed by atoms with E-state index < -0.39 is 28.5 Å². The fourth-order valence-electron chi connectivity index (χ4n) is 4.10. The van der Waals surface area contributed by atoms with Crippen molar-refractivity contribution in [1.82, 2.24) is 10.2 Å². The van der Waals surface area contributed by atoms with Gasteiger partial charge in [0.05, 0.1) is 11.4 Å². The van der Waals surface area contributed by atoms with Gasteiger partial charge in [-0.2, -0.15) is 0 Å². The lowest BCUT2D eigenvalue weighted by molar-refractivity contribution is -0.140. The molecular weight excluding hydrogens is 565 g/mol. The van der Waals surface area contributed by atoms with Crippen molar-refractivity contribution in [3.05, 3.63) is 52.0 Å². The number of halogens is 2. The second-order valence-corrected chi connectivity index (χ2v) is 12.3. The molecule has 2 amide bonds. The summed E-state index contributed by atoms with van der Waals surface area (Å²) >= 11 is 12.5. The van der Waals surface area contributed by atoms with Gasteiger partial charge >= 0.3 is 0 Å². The average Bonchev–Trinajstić information content (AvgIpc) is 2.92. The third-order valence-electron chi connectivity index (χ3n) is 6.54. The SMILES string of the molecule is CC[C@@H](C)NC(=O)[C@@H](CC)N(Cc1ccc(Cl)cc1Cl)C(=O)CN(c1ccc2c(c1)OCCO2)S(=O)(=O)CC. The third-order valence-corrected chi connectivity index (χ3v) is 8.86. The number of sulfonamides is 1. The summed E-state index contributed by atoms with van der Waals surface area (Å²) in [6.07, 6.45) is 1.02. The number of hydrogen-bond acceptors (Lipinski definition) is 6. The summed E-state index contributed by atoms with van der Waals surface area (Å²) in [7, 11) is -3.89. The van der Waals surface area contributed by atoms with Gasteiger partial charge in [0.25, 0.3) is 0 Å². The maximum Gasteiger partial charge on any atom is 0.244 e. The molecule has 2 aromatic rings. The van der Waals surface area contributed by atoms with Crippen LogP contribution in [0.1, 0.15) is 46.1 Å². The highest BCUT2D eigenvalue weighted by atomic mass is 35.5. The molecule has 2 atom stereocenters. The molecule has 0 fully saturated rings. The number of ether oxygens (including phenoxy) is 2. The summed E-state index contributed by atoms with van der Waals surface area (Å²) in [4.78, 5) is 28.6. The first-order valence-corrected chi connectivity index (χ1v) is 15.3. The van der Waals surface area contributed by atoms with Gasteiger partial charge in [-0.15, -0.1) is 0 Å². The van der Waals surface area contributed by atoms with Gasteiger partial charge in [0, 0.05) is 28.7 Å². The minimum atomic E-state index is -3.89. The molecule has 2 aromatic carbocycles. The molecule has 0 radical (unpaired) electrons. The number of benzene rings is 2. The van der Waals surface area contributed by atoms with E-state index in [2.05, 4.69) is 5.32 Å². The van der Waals surface area contributed by atoms with Crippen LogP contribution in [0.5, 0.6) is 11.5 Å². The maximum absolute atomic E-state index is 13.9. The van der Waals surface area contributed by atoms with E-state index in [1.54, 1.807) is 43.3 Å². The molecule has 0 bridgehead atoms. The monoisotopic (exact) mass is 599 g/mol. The van der Waals surface area contributed by atoms with Gasteiger partial charge in [0.1, 0.15) is 25.8 Å². The van der Waals surface area contributed by atoms with E-state index in [1.807, 2.05) is 13.8 Å². The predicted octanol–water partition coefficient (Wildman–Crippen LogP) is 4.64. The zero-order chi connectivity index (χ0) is 28.7. The number of carbonyl (C=O) groups is 2. The Bertz CT molecular complexity index is 1290. The van der Waals surface area contributed by atoms with Crippen LogP contribution in [0.4, 0.5) is 5.69 Å². The molecule has 1 aliphatic rings. The molecule has 0 aromatic heterocycles. The average molecular weight is 601 g/mol. The third kappa shape index (κ3) is 7.70. The second kappa shape index (κ2) is 13.6. The van der Waals surface area contributed by atoms with Gasteiger partial charge < -0.3 is 19.7 Å². The van der Waals surface area contributed by atoms with E-state index in [-0.39, 0.29) is 29.9 Å². The van der Waals surface area contributed by atoms with Crippen molar-refractivity contribution in [2.75, 3.05) is 29.8 Å². The van der Waals surface area contributed by atoms with E-state index in [0.29, 0.717) is 53.2 Å². The lowest BCUT2D eigenvalue weighted by Gasteiger charge is -2.34. The number of nitrogens with zero attached hydrogens (tertiary/aromatic N) is 2. The van der Waals surface area contributed by atoms with E-state index in [1.165, 1.54) is 11.8 Å². The van der Waals surface area contributed by atoms with Crippen LogP contribution in [0.25, 0.3) is 0 Å². The first kappa shape index (κ1) is 30.8. The molecule has 1 aliphatic heterocycles. The van der Waals surface area contributed by atoms with Gasteiger partial charge in [0.15, 0.2) is 11.5 Å². The van der Waals surface area contributed by atoms with Gasteiger partial charge in [0.2, 0.25) is 21.8 Å². The van der Waals surface area contributed by atoms with Crippen LogP contribution in [0.2, 0.25) is 10.0 Å². The quantitative estimate of drug-likeness (QED) is 0.381. The molecule has 1 heterocycles. The largest absolute Gasteiger partial charge is 0.486 e. The number of amides is 2. The zero-order valence-electron chi connectivity index (χ0n) is 22.6. The van der Waals surface area contributed by atoms with E-state index >= 15 is 0 Å². The summed E-state index contributed by atoms with van der Waals surface area (Å²) in [6.45, 7) is 7.32. The normalized spacial score (nSPS) is 14.3. The standard InChI is InChI=1S/C27H35Cl2N3O6S/c1-5-18(4)30-27(34)23(6-2)31(16-19-8-9-20(28)14-22(19)29)26(33)17-32(39(35,36)7-3)21-10-11-24-25(15-21)38-13-12-37-24/h8-11,14-15,18,23H,5-7,12-13,16-17H2,1-4H3,(H,30,34)/t18-,23-/m1/s1. The van der Waals surface area contributed by atoms with Crippen molar-refractivity contribution in [1.29, 1.82) is 0 Å². The molecule has 0 spiro atoms.